The Bertz CT molecular complexity index is 577. The average molecular weight is 312 g/mol. The summed E-state index contributed by atoms with van der Waals surface area (Å²) in [5.74, 6) is -0.426. The fraction of sp³-hybridized carbons (Fsp3) is 0.500. The molecule has 0 unspecified atom stereocenters. The van der Waals surface area contributed by atoms with Gasteiger partial charge in [-0.15, -0.1) is 0 Å². The van der Waals surface area contributed by atoms with Crippen LogP contribution >= 0.6 is 0 Å². The van der Waals surface area contributed by atoms with E-state index in [9.17, 15) is 13.2 Å². The minimum absolute atomic E-state index is 0.0238. The Hall–Kier alpha value is -1.60. The number of nitrogens with one attached hydrogen (secondary N) is 1. The molecule has 21 heavy (non-hydrogen) atoms. The molecule has 1 heterocycles. The molecule has 0 saturated carbocycles. The highest BCUT2D eigenvalue weighted by Gasteiger charge is 2.11. The van der Waals surface area contributed by atoms with Gasteiger partial charge in [-0.25, -0.2) is 8.42 Å². The topological polar surface area (TPSA) is 75.7 Å². The number of amides is 1. The van der Waals surface area contributed by atoms with E-state index in [0.717, 1.165) is 38.2 Å². The van der Waals surface area contributed by atoms with Crippen molar-refractivity contribution in [2.75, 3.05) is 48.5 Å². The Balaban J connectivity index is 1.88. The van der Waals surface area contributed by atoms with Crippen molar-refractivity contribution in [2.24, 2.45) is 0 Å². The van der Waals surface area contributed by atoms with Crippen LogP contribution in [-0.4, -0.2) is 52.6 Å². The van der Waals surface area contributed by atoms with Gasteiger partial charge >= 0.3 is 0 Å². The Labute approximate surface area is 125 Å². The van der Waals surface area contributed by atoms with E-state index in [1.54, 1.807) is 0 Å². The molecule has 1 aliphatic rings. The largest absolute Gasteiger partial charge is 0.378 e. The zero-order valence-electron chi connectivity index (χ0n) is 12.0. The maximum Gasteiger partial charge on any atom is 0.225 e. The van der Waals surface area contributed by atoms with Crippen LogP contribution in [0.5, 0.6) is 0 Å². The van der Waals surface area contributed by atoms with Crippen LogP contribution in [0.2, 0.25) is 0 Å². The molecule has 6 nitrogen and oxygen atoms in total. The van der Waals surface area contributed by atoms with Crippen LogP contribution in [0.3, 0.4) is 0 Å². The quantitative estimate of drug-likeness (QED) is 0.874. The number of nitrogens with zero attached hydrogens (tertiary/aromatic N) is 1. The zero-order chi connectivity index (χ0) is 15.3. The van der Waals surface area contributed by atoms with Crippen molar-refractivity contribution in [3.05, 3.63) is 24.3 Å². The summed E-state index contributed by atoms with van der Waals surface area (Å²) in [6.45, 7) is 3.17. The van der Waals surface area contributed by atoms with Crippen LogP contribution in [0.4, 0.5) is 11.4 Å². The first-order valence-corrected chi connectivity index (χ1v) is 8.90. The smallest absolute Gasteiger partial charge is 0.225 e. The molecule has 2 rings (SSSR count). The van der Waals surface area contributed by atoms with Gasteiger partial charge in [0.25, 0.3) is 0 Å². The van der Waals surface area contributed by atoms with E-state index in [2.05, 4.69) is 10.2 Å². The number of carbonyl (C=O) groups is 1. The molecule has 1 aliphatic heterocycles. The van der Waals surface area contributed by atoms with Crippen LogP contribution in [0, 0.1) is 0 Å². The minimum Gasteiger partial charge on any atom is -0.378 e. The van der Waals surface area contributed by atoms with E-state index >= 15 is 0 Å². The number of anilines is 2. The number of rotatable bonds is 5. The predicted octanol–water partition coefficient (Wildman–Crippen LogP) is 0.896. The van der Waals surface area contributed by atoms with Crippen LogP contribution in [0.1, 0.15) is 6.42 Å². The van der Waals surface area contributed by atoms with Gasteiger partial charge in [0, 0.05) is 37.1 Å². The molecular formula is C14H20N2O4S. The fourth-order valence-corrected chi connectivity index (χ4v) is 2.63. The first kappa shape index (κ1) is 15.8. The third-order valence-corrected chi connectivity index (χ3v) is 4.17. The van der Waals surface area contributed by atoms with Crippen molar-refractivity contribution >= 4 is 27.1 Å². The average Bonchev–Trinajstić information content (AvgIpc) is 2.46. The SMILES string of the molecule is CS(=O)(=O)CCC(=O)Nc1ccc(N2CCOCC2)cc1. The Morgan fingerprint density at radius 1 is 1.24 bits per heavy atom. The third kappa shape index (κ3) is 5.35. The summed E-state index contributed by atoms with van der Waals surface area (Å²) in [6, 6.07) is 7.53. The van der Waals surface area contributed by atoms with Crippen LogP contribution < -0.4 is 10.2 Å². The molecule has 1 aromatic carbocycles. The fourth-order valence-electron chi connectivity index (χ4n) is 2.08. The van der Waals surface area contributed by atoms with Crippen molar-refractivity contribution in [1.82, 2.24) is 0 Å². The third-order valence-electron chi connectivity index (χ3n) is 3.23. The molecule has 1 fully saturated rings. The van der Waals surface area contributed by atoms with Gasteiger partial charge in [0.2, 0.25) is 5.91 Å². The van der Waals surface area contributed by atoms with Gasteiger partial charge in [-0.2, -0.15) is 0 Å². The summed E-state index contributed by atoms with van der Waals surface area (Å²) < 4.78 is 27.3. The predicted molar refractivity (Wildman–Crippen MR) is 82.4 cm³/mol. The van der Waals surface area contributed by atoms with Gasteiger partial charge in [0.15, 0.2) is 0 Å². The Morgan fingerprint density at radius 3 is 2.43 bits per heavy atom. The second-order valence-electron chi connectivity index (χ2n) is 5.07. The molecular weight excluding hydrogens is 292 g/mol. The van der Waals surface area contributed by atoms with Crippen LogP contribution in [0.15, 0.2) is 24.3 Å². The second-order valence-corrected chi connectivity index (χ2v) is 7.33. The van der Waals surface area contributed by atoms with E-state index in [4.69, 9.17) is 4.74 Å². The lowest BCUT2D eigenvalue weighted by Gasteiger charge is -2.28. The summed E-state index contributed by atoms with van der Waals surface area (Å²) >= 11 is 0. The van der Waals surface area contributed by atoms with Crippen LogP contribution in [-0.2, 0) is 19.4 Å². The lowest BCUT2D eigenvalue weighted by Crippen LogP contribution is -2.36. The molecule has 1 amide bonds. The summed E-state index contributed by atoms with van der Waals surface area (Å²) in [5, 5.41) is 2.70. The molecule has 0 radical (unpaired) electrons. The van der Waals surface area contributed by atoms with Crippen molar-refractivity contribution in [1.29, 1.82) is 0 Å². The lowest BCUT2D eigenvalue weighted by molar-refractivity contribution is -0.115. The van der Waals surface area contributed by atoms with Crippen molar-refractivity contribution in [3.8, 4) is 0 Å². The molecule has 1 N–H and O–H groups in total. The number of carbonyl (C=O) groups excluding carboxylic acids is 1. The van der Waals surface area contributed by atoms with Crippen molar-refractivity contribution in [3.63, 3.8) is 0 Å². The first-order chi connectivity index (χ1) is 9.94. The standard InChI is InChI=1S/C14H20N2O4S/c1-21(18,19)11-6-14(17)15-12-2-4-13(5-3-12)16-7-9-20-10-8-16/h2-5H,6-11H2,1H3,(H,15,17). The second kappa shape index (κ2) is 6.91. The highest BCUT2D eigenvalue weighted by atomic mass is 32.2. The maximum atomic E-state index is 11.6. The lowest BCUT2D eigenvalue weighted by atomic mass is 10.2. The zero-order valence-corrected chi connectivity index (χ0v) is 12.9. The number of morpholine rings is 1. The summed E-state index contributed by atoms with van der Waals surface area (Å²) in [4.78, 5) is 13.9. The van der Waals surface area contributed by atoms with E-state index < -0.39 is 9.84 Å². The minimum atomic E-state index is -3.11. The number of benzene rings is 1. The van der Waals surface area contributed by atoms with Crippen molar-refractivity contribution < 1.29 is 17.9 Å². The highest BCUT2D eigenvalue weighted by Crippen LogP contribution is 2.19. The summed E-state index contributed by atoms with van der Waals surface area (Å²) in [5.41, 5.74) is 1.76. The molecule has 7 heteroatoms. The maximum absolute atomic E-state index is 11.6. The van der Waals surface area contributed by atoms with E-state index in [1.807, 2.05) is 24.3 Å². The van der Waals surface area contributed by atoms with Gasteiger partial charge in [-0.1, -0.05) is 0 Å². The first-order valence-electron chi connectivity index (χ1n) is 6.84. The summed E-state index contributed by atoms with van der Waals surface area (Å²) in [6.07, 6.45) is 1.10. The summed E-state index contributed by atoms with van der Waals surface area (Å²) in [7, 11) is -3.11. The number of sulfone groups is 1. The molecule has 0 spiro atoms. The Kier molecular flexibility index (Phi) is 5.19. The molecule has 116 valence electrons. The van der Waals surface area contributed by atoms with Crippen molar-refractivity contribution in [2.45, 2.75) is 6.42 Å². The monoisotopic (exact) mass is 312 g/mol. The van der Waals surface area contributed by atoms with Gasteiger partial charge in [0.05, 0.1) is 19.0 Å². The number of hydrogen-bond donors (Lipinski definition) is 1. The van der Waals surface area contributed by atoms with E-state index in [1.165, 1.54) is 0 Å². The molecule has 1 aromatic rings. The van der Waals surface area contributed by atoms with Gasteiger partial charge in [-0.05, 0) is 24.3 Å². The molecule has 1 saturated heterocycles. The Morgan fingerprint density at radius 2 is 1.86 bits per heavy atom. The molecule has 0 aromatic heterocycles. The van der Waals surface area contributed by atoms with Gasteiger partial charge < -0.3 is 15.0 Å². The molecule has 0 aliphatic carbocycles. The van der Waals surface area contributed by atoms with Gasteiger partial charge in [0.1, 0.15) is 9.84 Å². The normalized spacial score (nSPS) is 15.8. The highest BCUT2D eigenvalue weighted by molar-refractivity contribution is 7.90. The number of ether oxygens (including phenoxy) is 1. The van der Waals surface area contributed by atoms with E-state index in [-0.39, 0.29) is 18.1 Å². The van der Waals surface area contributed by atoms with Gasteiger partial charge in [-0.3, -0.25) is 4.79 Å². The van der Waals surface area contributed by atoms with E-state index in [0.29, 0.717) is 5.69 Å². The molecule has 0 atom stereocenters. The van der Waals surface area contributed by atoms with Crippen LogP contribution in [0.25, 0.3) is 0 Å². The number of hydrogen-bond acceptors (Lipinski definition) is 5. The molecule has 0 bridgehead atoms.